The van der Waals surface area contributed by atoms with E-state index in [0.717, 1.165) is 19.4 Å². The molecule has 0 bridgehead atoms. The average Bonchev–Trinajstić information content (AvgIpc) is 2.68. The van der Waals surface area contributed by atoms with E-state index in [9.17, 15) is 9.59 Å². The SMILES string of the molecule is CN1CCCC1CNC(=O)C(=O)NCCN. The number of likely N-dealkylation sites (tertiary alicyclic amines) is 1. The molecule has 0 aromatic carbocycles. The summed E-state index contributed by atoms with van der Waals surface area (Å²) in [6.07, 6.45) is 2.22. The van der Waals surface area contributed by atoms with Crippen molar-refractivity contribution in [1.29, 1.82) is 0 Å². The van der Waals surface area contributed by atoms with Gasteiger partial charge in [-0.2, -0.15) is 0 Å². The summed E-state index contributed by atoms with van der Waals surface area (Å²) in [6.45, 7) is 2.26. The van der Waals surface area contributed by atoms with Gasteiger partial charge in [0.25, 0.3) is 0 Å². The van der Waals surface area contributed by atoms with Crippen molar-refractivity contribution in [2.75, 3.05) is 33.2 Å². The maximum atomic E-state index is 11.3. The zero-order valence-corrected chi connectivity index (χ0v) is 9.66. The molecule has 0 saturated carbocycles. The lowest BCUT2D eigenvalue weighted by atomic mass is 10.2. The van der Waals surface area contributed by atoms with Crippen LogP contribution >= 0.6 is 0 Å². The fourth-order valence-electron chi connectivity index (χ4n) is 1.79. The van der Waals surface area contributed by atoms with Gasteiger partial charge in [-0.1, -0.05) is 0 Å². The molecule has 6 heteroatoms. The standard InChI is InChI=1S/C10H20N4O2/c1-14-6-2-3-8(14)7-13-10(16)9(15)12-5-4-11/h8H,2-7,11H2,1H3,(H,12,15)(H,13,16). The van der Waals surface area contributed by atoms with Crippen molar-refractivity contribution in [3.8, 4) is 0 Å². The highest BCUT2D eigenvalue weighted by Crippen LogP contribution is 2.13. The van der Waals surface area contributed by atoms with Gasteiger partial charge in [0.2, 0.25) is 0 Å². The van der Waals surface area contributed by atoms with Crippen molar-refractivity contribution in [2.24, 2.45) is 5.73 Å². The molecule has 1 unspecified atom stereocenters. The van der Waals surface area contributed by atoms with Crippen molar-refractivity contribution in [3.05, 3.63) is 0 Å². The Labute approximate surface area is 95.5 Å². The van der Waals surface area contributed by atoms with Crippen molar-refractivity contribution in [3.63, 3.8) is 0 Å². The monoisotopic (exact) mass is 228 g/mol. The van der Waals surface area contributed by atoms with Crippen LogP contribution in [0.5, 0.6) is 0 Å². The van der Waals surface area contributed by atoms with Gasteiger partial charge in [-0.3, -0.25) is 9.59 Å². The van der Waals surface area contributed by atoms with Gasteiger partial charge in [0.15, 0.2) is 0 Å². The van der Waals surface area contributed by atoms with Crippen molar-refractivity contribution >= 4 is 11.8 Å². The molecule has 0 aromatic rings. The van der Waals surface area contributed by atoms with E-state index in [1.54, 1.807) is 0 Å². The molecule has 1 fully saturated rings. The summed E-state index contributed by atoms with van der Waals surface area (Å²) in [4.78, 5) is 24.7. The molecule has 16 heavy (non-hydrogen) atoms. The summed E-state index contributed by atoms with van der Waals surface area (Å²) in [5, 5.41) is 5.06. The molecule has 1 heterocycles. The third-order valence-corrected chi connectivity index (χ3v) is 2.81. The first kappa shape index (κ1) is 12.9. The van der Waals surface area contributed by atoms with Crippen LogP contribution in [0.25, 0.3) is 0 Å². The summed E-state index contributed by atoms with van der Waals surface area (Å²) in [5.41, 5.74) is 5.22. The van der Waals surface area contributed by atoms with Gasteiger partial charge < -0.3 is 21.3 Å². The summed E-state index contributed by atoms with van der Waals surface area (Å²) >= 11 is 0. The van der Waals surface area contributed by atoms with E-state index in [2.05, 4.69) is 15.5 Å². The molecule has 0 aromatic heterocycles. The Balaban J connectivity index is 2.21. The first-order valence-corrected chi connectivity index (χ1v) is 5.61. The highest BCUT2D eigenvalue weighted by molar-refractivity contribution is 6.35. The highest BCUT2D eigenvalue weighted by atomic mass is 16.2. The van der Waals surface area contributed by atoms with Gasteiger partial charge in [-0.25, -0.2) is 0 Å². The smallest absolute Gasteiger partial charge is 0.309 e. The molecule has 2 amide bonds. The Morgan fingerprint density at radius 2 is 2.06 bits per heavy atom. The van der Waals surface area contributed by atoms with Crippen LogP contribution in [0.15, 0.2) is 0 Å². The minimum atomic E-state index is -0.605. The van der Waals surface area contributed by atoms with Crippen LogP contribution < -0.4 is 16.4 Å². The summed E-state index contributed by atoms with van der Waals surface area (Å²) in [5.74, 6) is -1.18. The Bertz CT molecular complexity index is 257. The third kappa shape index (κ3) is 3.79. The predicted molar refractivity (Wildman–Crippen MR) is 60.7 cm³/mol. The Morgan fingerprint density at radius 3 is 2.62 bits per heavy atom. The zero-order valence-electron chi connectivity index (χ0n) is 9.66. The van der Waals surface area contributed by atoms with Crippen LogP contribution in [0.1, 0.15) is 12.8 Å². The van der Waals surface area contributed by atoms with Crippen molar-refractivity contribution in [2.45, 2.75) is 18.9 Å². The largest absolute Gasteiger partial charge is 0.347 e. The summed E-state index contributed by atoms with van der Waals surface area (Å²) < 4.78 is 0. The fourth-order valence-corrected chi connectivity index (χ4v) is 1.79. The van der Waals surface area contributed by atoms with Crippen molar-refractivity contribution in [1.82, 2.24) is 15.5 Å². The molecule has 1 rings (SSSR count). The molecule has 1 saturated heterocycles. The number of hydrogen-bond acceptors (Lipinski definition) is 4. The average molecular weight is 228 g/mol. The van der Waals surface area contributed by atoms with Crippen LogP contribution in [0, 0.1) is 0 Å². The van der Waals surface area contributed by atoms with Crippen LogP contribution in [-0.4, -0.2) is 56.0 Å². The first-order valence-electron chi connectivity index (χ1n) is 5.61. The second kappa shape index (κ2) is 6.44. The molecule has 0 aliphatic carbocycles. The minimum absolute atomic E-state index is 0.329. The number of amides is 2. The Hall–Kier alpha value is -1.14. The quantitative estimate of drug-likeness (QED) is 0.499. The molecular weight excluding hydrogens is 208 g/mol. The van der Waals surface area contributed by atoms with E-state index in [4.69, 9.17) is 5.73 Å². The number of likely N-dealkylation sites (N-methyl/N-ethyl adjacent to an activating group) is 1. The van der Waals surface area contributed by atoms with Crippen molar-refractivity contribution < 1.29 is 9.59 Å². The maximum absolute atomic E-state index is 11.3. The van der Waals surface area contributed by atoms with Gasteiger partial charge in [0.1, 0.15) is 0 Å². The van der Waals surface area contributed by atoms with Gasteiger partial charge in [0.05, 0.1) is 0 Å². The number of hydrogen-bond donors (Lipinski definition) is 3. The van der Waals surface area contributed by atoms with E-state index in [0.29, 0.717) is 25.7 Å². The first-order chi connectivity index (χ1) is 7.65. The molecular formula is C10H20N4O2. The van der Waals surface area contributed by atoms with Gasteiger partial charge >= 0.3 is 11.8 Å². The van der Waals surface area contributed by atoms with Gasteiger partial charge in [0, 0.05) is 25.7 Å². The van der Waals surface area contributed by atoms with E-state index in [1.807, 2.05) is 7.05 Å². The zero-order chi connectivity index (χ0) is 12.0. The number of nitrogens with one attached hydrogen (secondary N) is 2. The maximum Gasteiger partial charge on any atom is 0.309 e. The third-order valence-electron chi connectivity index (χ3n) is 2.81. The molecule has 1 atom stereocenters. The second-order valence-electron chi connectivity index (χ2n) is 4.03. The predicted octanol–water partition coefficient (Wildman–Crippen LogP) is -1.73. The molecule has 0 radical (unpaired) electrons. The number of nitrogens with zero attached hydrogens (tertiary/aromatic N) is 1. The fraction of sp³-hybridized carbons (Fsp3) is 0.800. The molecule has 1 aliphatic rings. The molecule has 0 spiro atoms. The van der Waals surface area contributed by atoms with E-state index in [-0.39, 0.29) is 0 Å². The van der Waals surface area contributed by atoms with E-state index >= 15 is 0 Å². The number of carbonyl (C=O) groups excluding carboxylic acids is 2. The second-order valence-corrected chi connectivity index (χ2v) is 4.03. The van der Waals surface area contributed by atoms with E-state index < -0.39 is 11.8 Å². The van der Waals surface area contributed by atoms with E-state index in [1.165, 1.54) is 0 Å². The normalized spacial score (nSPS) is 20.8. The van der Waals surface area contributed by atoms with Crippen LogP contribution in [0.3, 0.4) is 0 Å². The van der Waals surface area contributed by atoms with Crippen LogP contribution in [-0.2, 0) is 9.59 Å². The minimum Gasteiger partial charge on any atom is -0.347 e. The Kier molecular flexibility index (Phi) is 5.21. The Morgan fingerprint density at radius 1 is 1.38 bits per heavy atom. The lowest BCUT2D eigenvalue weighted by Crippen LogP contribution is -2.45. The van der Waals surface area contributed by atoms with Crippen LogP contribution in [0.4, 0.5) is 0 Å². The number of carbonyl (C=O) groups is 2. The molecule has 4 N–H and O–H groups in total. The lowest BCUT2D eigenvalue weighted by Gasteiger charge is -2.19. The van der Waals surface area contributed by atoms with Crippen LogP contribution in [0.2, 0.25) is 0 Å². The summed E-state index contributed by atoms with van der Waals surface area (Å²) in [6, 6.07) is 0.353. The molecule has 1 aliphatic heterocycles. The number of rotatable bonds is 4. The van der Waals surface area contributed by atoms with Gasteiger partial charge in [-0.05, 0) is 26.4 Å². The molecule has 6 nitrogen and oxygen atoms in total. The highest BCUT2D eigenvalue weighted by Gasteiger charge is 2.22. The van der Waals surface area contributed by atoms with Gasteiger partial charge in [-0.15, -0.1) is 0 Å². The number of nitrogens with two attached hydrogens (primary N) is 1. The molecule has 92 valence electrons. The lowest BCUT2D eigenvalue weighted by molar-refractivity contribution is -0.139. The topological polar surface area (TPSA) is 87.5 Å². The summed E-state index contributed by atoms with van der Waals surface area (Å²) in [7, 11) is 2.03.